The van der Waals surface area contributed by atoms with Crippen LogP contribution in [0, 0.1) is 34.0 Å². The molecule has 6 atom stereocenters. The first kappa shape index (κ1) is 22.1. The van der Waals surface area contributed by atoms with Gasteiger partial charge in [0.15, 0.2) is 0 Å². The van der Waals surface area contributed by atoms with E-state index in [4.69, 9.17) is 0 Å². The Kier molecular flexibility index (Phi) is 5.34. The fourth-order valence-corrected chi connectivity index (χ4v) is 8.29. The van der Waals surface area contributed by atoms with Gasteiger partial charge in [0.25, 0.3) is 0 Å². The highest BCUT2D eigenvalue weighted by Crippen LogP contribution is 2.65. The zero-order valence-corrected chi connectivity index (χ0v) is 20.2. The lowest BCUT2D eigenvalue weighted by atomic mass is 9.69. The minimum absolute atomic E-state index is 0.0177. The molecule has 0 aliphatic heterocycles. The van der Waals surface area contributed by atoms with Crippen LogP contribution in [0.5, 0.6) is 0 Å². The van der Waals surface area contributed by atoms with E-state index in [1.54, 1.807) is 0 Å². The predicted octanol–water partition coefficient (Wildman–Crippen LogP) is 5.21. The molecule has 4 nitrogen and oxygen atoms in total. The van der Waals surface area contributed by atoms with E-state index >= 15 is 0 Å². The van der Waals surface area contributed by atoms with Gasteiger partial charge in [0, 0.05) is 24.4 Å². The van der Waals surface area contributed by atoms with Gasteiger partial charge < -0.3 is 10.6 Å². The van der Waals surface area contributed by atoms with Crippen LogP contribution in [-0.2, 0) is 9.59 Å². The summed E-state index contributed by atoms with van der Waals surface area (Å²) in [5.41, 5.74) is 0.742. The average molecular weight is 417 g/mol. The Morgan fingerprint density at radius 2 is 1.43 bits per heavy atom. The SMILES string of the molecule is C[C@@H]1C[C@H]2CC[C@@]1(NC(=O)CCCCC(=O)N[C@@H]1C[C@H]3CC[C@@]1(C)C3(C)C)C2(C)C. The van der Waals surface area contributed by atoms with E-state index in [0.29, 0.717) is 30.2 Å². The van der Waals surface area contributed by atoms with Crippen molar-refractivity contribution in [2.75, 3.05) is 0 Å². The fraction of sp³-hybridized carbons (Fsp3) is 0.923. The van der Waals surface area contributed by atoms with E-state index in [-0.39, 0.29) is 28.2 Å². The van der Waals surface area contributed by atoms with Crippen LogP contribution in [-0.4, -0.2) is 23.4 Å². The van der Waals surface area contributed by atoms with E-state index in [1.165, 1.54) is 25.7 Å². The molecule has 2 amide bonds. The summed E-state index contributed by atoms with van der Waals surface area (Å²) in [5, 5.41) is 6.81. The van der Waals surface area contributed by atoms with Crippen molar-refractivity contribution < 1.29 is 9.59 Å². The van der Waals surface area contributed by atoms with Gasteiger partial charge in [0.2, 0.25) is 11.8 Å². The molecule has 4 fully saturated rings. The Hall–Kier alpha value is -1.06. The molecule has 0 aromatic rings. The van der Waals surface area contributed by atoms with Crippen molar-refractivity contribution in [1.29, 1.82) is 0 Å². The van der Waals surface area contributed by atoms with Crippen LogP contribution in [0.3, 0.4) is 0 Å². The number of nitrogens with one attached hydrogen (secondary N) is 2. The van der Waals surface area contributed by atoms with E-state index in [9.17, 15) is 9.59 Å². The number of fused-ring (bicyclic) bond motifs is 4. The molecule has 170 valence electrons. The quantitative estimate of drug-likeness (QED) is 0.560. The van der Waals surface area contributed by atoms with Crippen LogP contribution >= 0.6 is 0 Å². The standard InChI is InChI=1S/C26H44N2O2/c1-17-15-18-12-14-26(17,24(18,4)5)28-22(30)10-8-7-9-21(29)27-20-16-19-11-13-25(20,6)23(19,2)3/h17-20H,7-16H2,1-6H3,(H,27,29)(H,28,30)/t17-,18-,19-,20-,25-,26+/m1/s1. The molecule has 4 bridgehead atoms. The second kappa shape index (κ2) is 7.24. The van der Waals surface area contributed by atoms with E-state index in [0.717, 1.165) is 37.5 Å². The first-order valence-corrected chi connectivity index (χ1v) is 12.5. The minimum atomic E-state index is -0.0177. The maximum absolute atomic E-state index is 12.7. The van der Waals surface area contributed by atoms with Crippen LogP contribution < -0.4 is 10.6 Å². The lowest BCUT2D eigenvalue weighted by Gasteiger charge is -2.42. The van der Waals surface area contributed by atoms with Crippen molar-refractivity contribution in [3.63, 3.8) is 0 Å². The summed E-state index contributed by atoms with van der Waals surface area (Å²) in [4.78, 5) is 25.3. The predicted molar refractivity (Wildman–Crippen MR) is 121 cm³/mol. The zero-order valence-electron chi connectivity index (χ0n) is 20.2. The summed E-state index contributed by atoms with van der Waals surface area (Å²) in [6.45, 7) is 14.1. The van der Waals surface area contributed by atoms with Gasteiger partial charge in [-0.1, -0.05) is 41.5 Å². The van der Waals surface area contributed by atoms with Gasteiger partial charge in [-0.25, -0.2) is 0 Å². The molecule has 0 spiro atoms. The Morgan fingerprint density at radius 3 is 1.93 bits per heavy atom. The second-order valence-corrected chi connectivity index (χ2v) is 12.6. The fourth-order valence-electron chi connectivity index (χ4n) is 8.29. The third-order valence-corrected chi connectivity index (χ3v) is 11.1. The summed E-state index contributed by atoms with van der Waals surface area (Å²) >= 11 is 0. The van der Waals surface area contributed by atoms with Crippen molar-refractivity contribution in [3.8, 4) is 0 Å². The lowest BCUT2D eigenvalue weighted by Crippen LogP contribution is -2.56. The van der Waals surface area contributed by atoms with Crippen molar-refractivity contribution in [2.45, 2.75) is 117 Å². The number of unbranched alkanes of at least 4 members (excludes halogenated alkanes) is 1. The summed E-state index contributed by atoms with van der Waals surface area (Å²) < 4.78 is 0. The van der Waals surface area contributed by atoms with Crippen LogP contribution in [0.15, 0.2) is 0 Å². The number of amides is 2. The van der Waals surface area contributed by atoms with Gasteiger partial charge >= 0.3 is 0 Å². The van der Waals surface area contributed by atoms with Crippen molar-refractivity contribution in [3.05, 3.63) is 0 Å². The maximum atomic E-state index is 12.7. The summed E-state index contributed by atoms with van der Waals surface area (Å²) in [6.07, 6.45) is 9.95. The van der Waals surface area contributed by atoms with Gasteiger partial charge in [-0.05, 0) is 85.4 Å². The van der Waals surface area contributed by atoms with E-state index in [1.807, 2.05) is 0 Å². The third-order valence-electron chi connectivity index (χ3n) is 11.1. The zero-order chi connectivity index (χ0) is 21.9. The minimum Gasteiger partial charge on any atom is -0.353 e. The van der Waals surface area contributed by atoms with Crippen LogP contribution in [0.2, 0.25) is 0 Å². The molecule has 4 heteroatoms. The molecular formula is C26H44N2O2. The van der Waals surface area contributed by atoms with Gasteiger partial charge in [0.1, 0.15) is 0 Å². The summed E-state index contributed by atoms with van der Waals surface area (Å²) in [7, 11) is 0. The molecule has 4 rings (SSSR count). The maximum Gasteiger partial charge on any atom is 0.220 e. The molecular weight excluding hydrogens is 372 g/mol. The van der Waals surface area contributed by atoms with Crippen molar-refractivity contribution >= 4 is 11.8 Å². The molecule has 0 unspecified atom stereocenters. The average Bonchev–Trinajstić information content (AvgIpc) is 3.18. The highest BCUT2D eigenvalue weighted by atomic mass is 16.2. The number of carbonyl (C=O) groups excluding carboxylic acids is 2. The first-order valence-electron chi connectivity index (χ1n) is 12.5. The normalized spacial score (nSPS) is 42.5. The monoisotopic (exact) mass is 416 g/mol. The van der Waals surface area contributed by atoms with E-state index < -0.39 is 0 Å². The molecule has 4 aliphatic carbocycles. The number of carbonyl (C=O) groups is 2. The summed E-state index contributed by atoms with van der Waals surface area (Å²) in [5.74, 6) is 2.41. The molecule has 30 heavy (non-hydrogen) atoms. The van der Waals surface area contributed by atoms with Crippen LogP contribution in [0.4, 0.5) is 0 Å². The topological polar surface area (TPSA) is 58.2 Å². The number of hydrogen-bond donors (Lipinski definition) is 2. The lowest BCUT2D eigenvalue weighted by molar-refractivity contribution is -0.126. The Labute approximate surface area is 183 Å². The third kappa shape index (κ3) is 3.06. The molecule has 0 radical (unpaired) electrons. The first-order chi connectivity index (χ1) is 13.9. The van der Waals surface area contributed by atoms with Crippen LogP contribution in [0.1, 0.15) is 106 Å². The largest absolute Gasteiger partial charge is 0.353 e. The van der Waals surface area contributed by atoms with Crippen LogP contribution in [0.25, 0.3) is 0 Å². The van der Waals surface area contributed by atoms with Crippen molar-refractivity contribution in [2.24, 2.45) is 34.0 Å². The molecule has 4 aliphatic rings. The van der Waals surface area contributed by atoms with Crippen molar-refractivity contribution in [1.82, 2.24) is 10.6 Å². The van der Waals surface area contributed by atoms with Gasteiger partial charge in [-0.15, -0.1) is 0 Å². The van der Waals surface area contributed by atoms with Gasteiger partial charge in [-0.3, -0.25) is 9.59 Å². The molecule has 0 aromatic heterocycles. The highest BCUT2D eigenvalue weighted by Gasteiger charge is 2.63. The molecule has 0 aromatic carbocycles. The Bertz CT molecular complexity index is 714. The molecule has 2 N–H and O–H groups in total. The number of rotatable bonds is 7. The second-order valence-electron chi connectivity index (χ2n) is 12.6. The Morgan fingerprint density at radius 1 is 0.833 bits per heavy atom. The molecule has 0 heterocycles. The van der Waals surface area contributed by atoms with Gasteiger partial charge in [-0.2, -0.15) is 0 Å². The molecule has 4 saturated carbocycles. The highest BCUT2D eigenvalue weighted by molar-refractivity contribution is 5.78. The smallest absolute Gasteiger partial charge is 0.220 e. The van der Waals surface area contributed by atoms with E-state index in [2.05, 4.69) is 52.2 Å². The number of hydrogen-bond acceptors (Lipinski definition) is 2. The van der Waals surface area contributed by atoms with Gasteiger partial charge in [0.05, 0.1) is 0 Å². The summed E-state index contributed by atoms with van der Waals surface area (Å²) in [6, 6.07) is 0.322. The molecule has 0 saturated heterocycles. The Balaban J connectivity index is 1.20.